The van der Waals surface area contributed by atoms with Gasteiger partial charge in [0.05, 0.1) is 31.8 Å². The molecule has 2 amide bonds. The highest BCUT2D eigenvalue weighted by Gasteiger charge is 2.59. The van der Waals surface area contributed by atoms with Crippen LogP contribution in [0.4, 0.5) is 24.5 Å². The second-order valence-electron chi connectivity index (χ2n) is 11.5. The largest absolute Gasteiger partial charge is 0.573 e. The van der Waals surface area contributed by atoms with E-state index in [1.807, 2.05) is 12.1 Å². The maximum atomic E-state index is 15.0. The molecule has 0 spiro atoms. The molecular formula is C34H31Cl2F3N4O7S. The number of alkyl halides is 3. The molecular weight excluding hydrogens is 736 g/mol. The summed E-state index contributed by atoms with van der Waals surface area (Å²) in [6, 6.07) is 16.8. The van der Waals surface area contributed by atoms with Crippen molar-refractivity contribution >= 4 is 57.2 Å². The summed E-state index contributed by atoms with van der Waals surface area (Å²) in [7, 11) is -2.62. The molecule has 0 bridgehead atoms. The molecule has 270 valence electrons. The van der Waals surface area contributed by atoms with Crippen molar-refractivity contribution < 1.29 is 45.4 Å². The first-order chi connectivity index (χ1) is 23.8. The number of piperazine rings is 1. The summed E-state index contributed by atoms with van der Waals surface area (Å²) in [5, 5.41) is 0.123. The predicted molar refractivity (Wildman–Crippen MR) is 184 cm³/mol. The van der Waals surface area contributed by atoms with E-state index in [0.29, 0.717) is 30.5 Å². The van der Waals surface area contributed by atoms with Crippen LogP contribution in [-0.2, 0) is 25.0 Å². The van der Waals surface area contributed by atoms with Crippen molar-refractivity contribution in [3.63, 3.8) is 0 Å². The Balaban J connectivity index is 0.00000504. The molecule has 1 fully saturated rings. The average Bonchev–Trinajstić information content (AvgIpc) is 3.35. The Morgan fingerprint density at radius 3 is 2.29 bits per heavy atom. The number of rotatable bonds is 9. The molecule has 0 aliphatic carbocycles. The van der Waals surface area contributed by atoms with Crippen LogP contribution in [0.1, 0.15) is 17.5 Å². The van der Waals surface area contributed by atoms with E-state index in [4.69, 9.17) is 21.1 Å². The zero-order valence-electron chi connectivity index (χ0n) is 27.1. The Bertz CT molecular complexity index is 2050. The van der Waals surface area contributed by atoms with Crippen molar-refractivity contribution in [2.75, 3.05) is 49.6 Å². The highest BCUT2D eigenvalue weighted by molar-refractivity contribution is 7.93. The number of carbonyl (C=O) groups is 2. The van der Waals surface area contributed by atoms with Gasteiger partial charge in [-0.05, 0) is 54.1 Å². The zero-order valence-corrected chi connectivity index (χ0v) is 29.5. The van der Waals surface area contributed by atoms with Gasteiger partial charge in [0.15, 0.2) is 5.75 Å². The first kappa shape index (κ1) is 37.5. The number of para-hydroxylation sites is 1. The van der Waals surface area contributed by atoms with Crippen molar-refractivity contribution in [1.82, 2.24) is 9.88 Å². The number of methoxy groups -OCH3 is 2. The van der Waals surface area contributed by atoms with E-state index in [1.165, 1.54) is 38.5 Å². The summed E-state index contributed by atoms with van der Waals surface area (Å²) in [6.45, 7) is 1.52. The number of halogens is 5. The van der Waals surface area contributed by atoms with Crippen LogP contribution in [0.25, 0.3) is 0 Å². The third-order valence-electron chi connectivity index (χ3n) is 8.71. The third kappa shape index (κ3) is 6.97. The number of hydrogen-bond donors (Lipinski definition) is 0. The highest BCUT2D eigenvalue weighted by Crippen LogP contribution is 2.54. The van der Waals surface area contributed by atoms with Crippen molar-refractivity contribution in [1.29, 1.82) is 0 Å². The Morgan fingerprint density at radius 1 is 0.922 bits per heavy atom. The maximum absolute atomic E-state index is 15.0. The number of ether oxygens (including phenoxy) is 3. The van der Waals surface area contributed by atoms with Crippen LogP contribution in [-0.4, -0.2) is 76.9 Å². The molecule has 0 saturated carbocycles. The van der Waals surface area contributed by atoms with E-state index in [2.05, 4.69) is 14.6 Å². The van der Waals surface area contributed by atoms with Crippen LogP contribution >= 0.6 is 24.0 Å². The number of hydrogen-bond acceptors (Lipinski definition) is 9. The lowest BCUT2D eigenvalue weighted by molar-refractivity contribution is -0.275. The second-order valence-corrected chi connectivity index (χ2v) is 13.6. The Kier molecular flexibility index (Phi) is 10.7. The Hall–Kier alpha value is -4.73. The summed E-state index contributed by atoms with van der Waals surface area (Å²) in [5.41, 5.74) is -1.13. The van der Waals surface area contributed by atoms with Crippen LogP contribution in [0, 0.1) is 0 Å². The molecule has 0 radical (unpaired) electrons. The van der Waals surface area contributed by atoms with E-state index in [-0.39, 0.29) is 45.7 Å². The summed E-state index contributed by atoms with van der Waals surface area (Å²) < 4.78 is 84.7. The second kappa shape index (κ2) is 14.5. The van der Waals surface area contributed by atoms with Gasteiger partial charge in [0, 0.05) is 55.4 Å². The SMILES string of the molecule is COc1ccc(S(=O)(=O)N2C(=O)C(CC(=O)N3CCN(c4cccnc4)CC3)(c3ccccc3OC)c3cc(Cl)ccc32)c(OC(F)(F)F)c1.Cl. The predicted octanol–water partition coefficient (Wildman–Crippen LogP) is 5.83. The summed E-state index contributed by atoms with van der Waals surface area (Å²) in [4.78, 5) is 36.1. The van der Waals surface area contributed by atoms with Crippen molar-refractivity contribution in [3.05, 3.63) is 101 Å². The molecule has 1 atom stereocenters. The van der Waals surface area contributed by atoms with Crippen molar-refractivity contribution in [2.24, 2.45) is 0 Å². The highest BCUT2D eigenvalue weighted by atomic mass is 35.5. The lowest BCUT2D eigenvalue weighted by Gasteiger charge is -2.38. The lowest BCUT2D eigenvalue weighted by atomic mass is 9.72. The number of nitrogens with zero attached hydrogens (tertiary/aromatic N) is 4. The topological polar surface area (TPSA) is 119 Å². The minimum Gasteiger partial charge on any atom is -0.497 e. The standard InChI is InChI=1S/C34H30ClF3N4O7S.ClH/c1-47-24-10-12-30(29(19-24)49-34(36,37)38)50(45,46)42-27-11-9-22(35)18-26(27)33(32(42)44,25-7-3-4-8-28(25)48-2)20-31(43)41-16-14-40(15-17-41)23-6-5-13-39-21-23;/h3-13,18-19,21H,14-17,20H2,1-2H3;1H. The van der Waals surface area contributed by atoms with E-state index in [0.717, 1.165) is 23.9 Å². The third-order valence-corrected chi connectivity index (χ3v) is 10.7. The van der Waals surface area contributed by atoms with E-state index in [1.54, 1.807) is 35.5 Å². The normalized spacial score (nSPS) is 17.5. The molecule has 1 unspecified atom stereocenters. The molecule has 1 saturated heterocycles. The number of aromatic nitrogens is 1. The number of carbonyl (C=O) groups excluding carboxylic acids is 2. The smallest absolute Gasteiger partial charge is 0.497 e. The number of fused-ring (bicyclic) bond motifs is 1. The van der Waals surface area contributed by atoms with Crippen LogP contribution in [0.5, 0.6) is 17.2 Å². The van der Waals surface area contributed by atoms with Gasteiger partial charge in [0.1, 0.15) is 21.8 Å². The van der Waals surface area contributed by atoms with Gasteiger partial charge in [-0.3, -0.25) is 14.6 Å². The summed E-state index contributed by atoms with van der Waals surface area (Å²) in [6.07, 6.45) is -2.46. The number of amides is 2. The van der Waals surface area contributed by atoms with E-state index < -0.39 is 50.7 Å². The van der Waals surface area contributed by atoms with E-state index >= 15 is 4.79 Å². The van der Waals surface area contributed by atoms with Gasteiger partial charge in [-0.25, -0.2) is 12.7 Å². The van der Waals surface area contributed by atoms with Gasteiger partial charge < -0.3 is 24.0 Å². The molecule has 3 aromatic carbocycles. The van der Waals surface area contributed by atoms with E-state index in [9.17, 15) is 26.4 Å². The number of sulfonamides is 1. The fourth-order valence-electron chi connectivity index (χ4n) is 6.41. The van der Waals surface area contributed by atoms with Crippen LogP contribution in [0.3, 0.4) is 0 Å². The number of benzene rings is 3. The summed E-state index contributed by atoms with van der Waals surface area (Å²) >= 11 is 6.45. The van der Waals surface area contributed by atoms with Gasteiger partial charge in [-0.2, -0.15) is 0 Å². The molecule has 11 nitrogen and oxygen atoms in total. The first-order valence-electron chi connectivity index (χ1n) is 15.2. The fourth-order valence-corrected chi connectivity index (χ4v) is 8.17. The van der Waals surface area contributed by atoms with Gasteiger partial charge in [-0.15, -0.1) is 25.6 Å². The molecule has 6 rings (SSSR count). The molecule has 3 heterocycles. The van der Waals surface area contributed by atoms with Gasteiger partial charge in [0.25, 0.3) is 15.9 Å². The quantitative estimate of drug-likeness (QED) is 0.207. The molecule has 2 aliphatic rings. The van der Waals surface area contributed by atoms with Gasteiger partial charge in [-0.1, -0.05) is 29.8 Å². The molecule has 17 heteroatoms. The number of anilines is 2. The fraction of sp³-hybridized carbons (Fsp3) is 0.265. The Labute approximate surface area is 302 Å². The van der Waals surface area contributed by atoms with Gasteiger partial charge >= 0.3 is 6.36 Å². The monoisotopic (exact) mass is 766 g/mol. The van der Waals surface area contributed by atoms with Crippen LogP contribution in [0.15, 0.2) is 90.1 Å². The lowest BCUT2D eigenvalue weighted by Crippen LogP contribution is -2.52. The molecule has 2 aliphatic heterocycles. The molecule has 4 aromatic rings. The van der Waals surface area contributed by atoms with Crippen molar-refractivity contribution in [2.45, 2.75) is 23.1 Å². The Morgan fingerprint density at radius 2 is 1.65 bits per heavy atom. The van der Waals surface area contributed by atoms with Crippen LogP contribution < -0.4 is 23.4 Å². The average molecular weight is 768 g/mol. The zero-order chi connectivity index (χ0) is 35.8. The van der Waals surface area contributed by atoms with Crippen molar-refractivity contribution in [3.8, 4) is 17.2 Å². The summed E-state index contributed by atoms with van der Waals surface area (Å²) in [5.74, 6) is -2.65. The number of pyridine rings is 1. The minimum atomic E-state index is -5.29. The maximum Gasteiger partial charge on any atom is 0.573 e. The first-order valence-corrected chi connectivity index (χ1v) is 17.0. The molecule has 0 N–H and O–H groups in total. The van der Waals surface area contributed by atoms with Gasteiger partial charge in [0.2, 0.25) is 5.91 Å². The van der Waals surface area contributed by atoms with Crippen LogP contribution in [0.2, 0.25) is 5.02 Å². The minimum absolute atomic E-state index is 0. The molecule has 1 aromatic heterocycles. The molecule has 51 heavy (non-hydrogen) atoms.